The molecule has 1 aromatic carbocycles. The van der Waals surface area contributed by atoms with E-state index in [2.05, 4.69) is 38.0 Å². The smallest absolute Gasteiger partial charge is 0.133 e. The van der Waals surface area contributed by atoms with E-state index in [4.69, 9.17) is 0 Å². The number of aromatic nitrogens is 2. The zero-order valence-corrected chi connectivity index (χ0v) is 8.07. The molecule has 0 saturated heterocycles. The van der Waals surface area contributed by atoms with Gasteiger partial charge < -0.3 is 0 Å². The Morgan fingerprint density at radius 1 is 1.50 bits per heavy atom. The summed E-state index contributed by atoms with van der Waals surface area (Å²) in [7, 11) is 0. The lowest BCUT2D eigenvalue weighted by Crippen LogP contribution is -1.69. The van der Waals surface area contributed by atoms with Gasteiger partial charge in [-0.15, -0.1) is 4.91 Å². The number of benzene rings is 1. The van der Waals surface area contributed by atoms with Gasteiger partial charge in [0.1, 0.15) is 9.39 Å². The third-order valence-corrected chi connectivity index (χ3v) is 2.40. The van der Waals surface area contributed by atoms with Gasteiger partial charge >= 0.3 is 0 Å². The van der Waals surface area contributed by atoms with Crippen molar-refractivity contribution in [2.45, 2.75) is 0 Å². The van der Waals surface area contributed by atoms with E-state index in [1.165, 1.54) is 0 Å². The van der Waals surface area contributed by atoms with Crippen molar-refractivity contribution in [3.63, 3.8) is 0 Å². The number of fused-ring (bicyclic) bond motifs is 1. The van der Waals surface area contributed by atoms with Gasteiger partial charge in [0, 0.05) is 0 Å². The van der Waals surface area contributed by atoms with Gasteiger partial charge in [-0.1, -0.05) is 6.07 Å². The van der Waals surface area contributed by atoms with E-state index in [-0.39, 0.29) is 0 Å². The summed E-state index contributed by atoms with van der Waals surface area (Å²) in [5, 5.41) is 10.5. The number of aromatic amines is 1. The molecule has 1 aromatic heterocycles. The highest BCUT2D eigenvalue weighted by Crippen LogP contribution is 2.27. The van der Waals surface area contributed by atoms with Crippen LogP contribution >= 0.6 is 22.6 Å². The molecule has 5 heteroatoms. The Morgan fingerprint density at radius 3 is 3.08 bits per heavy atom. The molecule has 0 aliphatic rings. The van der Waals surface area contributed by atoms with E-state index < -0.39 is 0 Å². The summed E-state index contributed by atoms with van der Waals surface area (Å²) in [6, 6.07) is 5.31. The molecule has 0 fully saturated rings. The SMILES string of the molecule is O=Nc1cccc2[nH]nc(I)c12. The fraction of sp³-hybridized carbons (Fsp3) is 0. The molecule has 0 aliphatic carbocycles. The van der Waals surface area contributed by atoms with Crippen LogP contribution in [0, 0.1) is 8.61 Å². The summed E-state index contributed by atoms with van der Waals surface area (Å²) in [4.78, 5) is 10.4. The number of halogens is 1. The number of nitrogens with zero attached hydrogens (tertiary/aromatic N) is 2. The van der Waals surface area contributed by atoms with Crippen molar-refractivity contribution in [3.05, 3.63) is 26.8 Å². The Bertz CT molecular complexity index is 437. The monoisotopic (exact) mass is 273 g/mol. The minimum atomic E-state index is 0.436. The predicted octanol–water partition coefficient (Wildman–Crippen LogP) is 2.57. The van der Waals surface area contributed by atoms with E-state index >= 15 is 0 Å². The summed E-state index contributed by atoms with van der Waals surface area (Å²) in [5.74, 6) is 0. The first kappa shape index (κ1) is 7.66. The van der Waals surface area contributed by atoms with Gasteiger partial charge in [-0.05, 0) is 39.9 Å². The number of hydrogen-bond donors (Lipinski definition) is 1. The molecule has 1 heterocycles. The quantitative estimate of drug-likeness (QED) is 0.641. The van der Waals surface area contributed by atoms with Crippen LogP contribution in [0.1, 0.15) is 0 Å². The molecular weight excluding hydrogens is 269 g/mol. The maximum atomic E-state index is 10.4. The summed E-state index contributed by atoms with van der Waals surface area (Å²) in [6.45, 7) is 0. The fourth-order valence-electron chi connectivity index (χ4n) is 1.09. The summed E-state index contributed by atoms with van der Waals surface area (Å²) in [6.07, 6.45) is 0. The zero-order valence-electron chi connectivity index (χ0n) is 5.91. The van der Waals surface area contributed by atoms with E-state index in [0.717, 1.165) is 14.6 Å². The van der Waals surface area contributed by atoms with Gasteiger partial charge in [0.05, 0.1) is 10.9 Å². The highest BCUT2D eigenvalue weighted by atomic mass is 127. The molecule has 0 unspecified atom stereocenters. The Balaban J connectivity index is 2.93. The van der Waals surface area contributed by atoms with Crippen molar-refractivity contribution in [1.82, 2.24) is 10.2 Å². The number of H-pyrrole nitrogens is 1. The van der Waals surface area contributed by atoms with Gasteiger partial charge in [0.25, 0.3) is 0 Å². The first-order chi connectivity index (χ1) is 5.83. The first-order valence-corrected chi connectivity index (χ1v) is 4.37. The normalized spacial score (nSPS) is 10.4. The number of hydrogen-bond acceptors (Lipinski definition) is 3. The lowest BCUT2D eigenvalue weighted by atomic mass is 10.2. The second-order valence-corrected chi connectivity index (χ2v) is 3.33. The molecule has 0 amide bonds. The highest BCUT2D eigenvalue weighted by molar-refractivity contribution is 14.1. The lowest BCUT2D eigenvalue weighted by Gasteiger charge is -1.90. The van der Waals surface area contributed by atoms with Crippen LogP contribution in [0.5, 0.6) is 0 Å². The van der Waals surface area contributed by atoms with Crippen LogP contribution in [0.3, 0.4) is 0 Å². The predicted molar refractivity (Wildman–Crippen MR) is 54.3 cm³/mol. The molecule has 0 aliphatic heterocycles. The molecule has 0 spiro atoms. The van der Waals surface area contributed by atoms with Crippen molar-refractivity contribution in [2.75, 3.05) is 0 Å². The Morgan fingerprint density at radius 2 is 2.33 bits per heavy atom. The minimum Gasteiger partial charge on any atom is -0.277 e. The second-order valence-electron chi connectivity index (χ2n) is 2.31. The van der Waals surface area contributed by atoms with E-state index in [9.17, 15) is 4.91 Å². The molecular formula is C7H4IN3O. The molecule has 0 bridgehead atoms. The molecule has 2 rings (SSSR count). The Hall–Kier alpha value is -0.980. The topological polar surface area (TPSA) is 58.1 Å². The van der Waals surface area contributed by atoms with Crippen LogP contribution in [0.15, 0.2) is 23.4 Å². The van der Waals surface area contributed by atoms with E-state index in [0.29, 0.717) is 5.69 Å². The summed E-state index contributed by atoms with van der Waals surface area (Å²) in [5.41, 5.74) is 1.28. The van der Waals surface area contributed by atoms with E-state index in [1.54, 1.807) is 12.1 Å². The van der Waals surface area contributed by atoms with Gasteiger partial charge in [0.15, 0.2) is 0 Å². The Labute approximate surface area is 81.5 Å². The summed E-state index contributed by atoms with van der Waals surface area (Å²) < 4.78 is 0.776. The van der Waals surface area contributed by atoms with Crippen LogP contribution in [-0.4, -0.2) is 10.2 Å². The van der Waals surface area contributed by atoms with Crippen molar-refractivity contribution in [1.29, 1.82) is 0 Å². The third kappa shape index (κ3) is 1.01. The van der Waals surface area contributed by atoms with Crippen LogP contribution in [0.2, 0.25) is 0 Å². The number of nitroso groups, excluding NO2 is 1. The van der Waals surface area contributed by atoms with Crippen LogP contribution < -0.4 is 0 Å². The number of rotatable bonds is 1. The minimum absolute atomic E-state index is 0.436. The van der Waals surface area contributed by atoms with E-state index in [1.807, 2.05) is 6.07 Å². The summed E-state index contributed by atoms with van der Waals surface area (Å²) >= 11 is 2.06. The highest BCUT2D eigenvalue weighted by Gasteiger charge is 2.07. The van der Waals surface area contributed by atoms with Crippen LogP contribution in [0.25, 0.3) is 10.9 Å². The second kappa shape index (κ2) is 2.81. The lowest BCUT2D eigenvalue weighted by molar-refractivity contribution is 1.09. The van der Waals surface area contributed by atoms with Gasteiger partial charge in [-0.3, -0.25) is 5.10 Å². The average molecular weight is 273 g/mol. The van der Waals surface area contributed by atoms with Crippen LogP contribution in [0.4, 0.5) is 5.69 Å². The van der Waals surface area contributed by atoms with Crippen LogP contribution in [-0.2, 0) is 0 Å². The molecule has 0 atom stereocenters. The molecule has 1 N–H and O–H groups in total. The molecule has 60 valence electrons. The number of nitrogens with one attached hydrogen (secondary N) is 1. The van der Waals surface area contributed by atoms with Gasteiger partial charge in [-0.25, -0.2) is 0 Å². The van der Waals surface area contributed by atoms with Crippen molar-refractivity contribution < 1.29 is 0 Å². The zero-order chi connectivity index (χ0) is 8.55. The maximum Gasteiger partial charge on any atom is 0.133 e. The largest absolute Gasteiger partial charge is 0.277 e. The molecule has 0 radical (unpaired) electrons. The molecule has 2 aromatic rings. The van der Waals surface area contributed by atoms with Crippen molar-refractivity contribution in [3.8, 4) is 0 Å². The standard InChI is InChI=1S/C7H4IN3O/c8-7-6-4(9-10-7)2-1-3-5(6)11-12/h1-3H,(H,9,10). The molecule has 12 heavy (non-hydrogen) atoms. The maximum absolute atomic E-state index is 10.4. The van der Waals surface area contributed by atoms with Gasteiger partial charge in [0.2, 0.25) is 0 Å². The third-order valence-electron chi connectivity index (χ3n) is 1.62. The first-order valence-electron chi connectivity index (χ1n) is 3.29. The Kier molecular flexibility index (Phi) is 1.80. The van der Waals surface area contributed by atoms with Crippen molar-refractivity contribution in [2.24, 2.45) is 5.18 Å². The molecule has 0 saturated carbocycles. The van der Waals surface area contributed by atoms with Gasteiger partial charge in [-0.2, -0.15) is 5.10 Å². The van der Waals surface area contributed by atoms with Crippen molar-refractivity contribution >= 4 is 39.2 Å². The fourth-order valence-corrected chi connectivity index (χ4v) is 1.78. The molecule has 4 nitrogen and oxygen atoms in total. The average Bonchev–Trinajstić information content (AvgIpc) is 2.48.